The lowest BCUT2D eigenvalue weighted by atomic mass is 10.1. The van der Waals surface area contributed by atoms with Crippen LogP contribution in [0.15, 0.2) is 23.1 Å². The number of nitrogens with zero attached hydrogens (tertiary/aromatic N) is 1. The molecule has 1 aliphatic rings. The minimum Gasteiger partial charge on any atom is -0.349 e. The number of carbonyl (C=O) groups excluding carboxylic acids is 1. The molecule has 0 aromatic heterocycles. The van der Waals surface area contributed by atoms with Crippen LogP contribution in [0, 0.1) is 0 Å². The second kappa shape index (κ2) is 8.32. The van der Waals surface area contributed by atoms with Crippen molar-refractivity contribution in [1.29, 1.82) is 0 Å². The molecule has 134 valence electrons. The lowest BCUT2D eigenvalue weighted by Gasteiger charge is -2.26. The molecule has 24 heavy (non-hydrogen) atoms. The van der Waals surface area contributed by atoms with E-state index in [0.29, 0.717) is 18.7 Å². The lowest BCUT2D eigenvalue weighted by Crippen LogP contribution is -2.36. The van der Waals surface area contributed by atoms with Crippen molar-refractivity contribution >= 4 is 27.5 Å². The molecule has 0 aliphatic carbocycles. The molecule has 2 rings (SSSR count). The Labute approximate surface area is 149 Å². The summed E-state index contributed by atoms with van der Waals surface area (Å²) in [5.74, 6) is -0.268. The van der Waals surface area contributed by atoms with Crippen LogP contribution in [0.4, 0.5) is 0 Å². The number of piperidine rings is 1. The first kappa shape index (κ1) is 19.2. The van der Waals surface area contributed by atoms with Crippen LogP contribution >= 0.6 is 11.6 Å². The molecule has 1 saturated heterocycles. The maximum Gasteiger partial charge on any atom is 0.251 e. The second-order valence-corrected chi connectivity index (χ2v) is 8.41. The van der Waals surface area contributed by atoms with Gasteiger partial charge in [-0.2, -0.15) is 4.31 Å². The van der Waals surface area contributed by atoms with Gasteiger partial charge in [0.2, 0.25) is 10.0 Å². The van der Waals surface area contributed by atoms with Crippen LogP contribution in [0.25, 0.3) is 0 Å². The highest BCUT2D eigenvalue weighted by Gasteiger charge is 2.28. The van der Waals surface area contributed by atoms with Gasteiger partial charge in [-0.1, -0.05) is 31.9 Å². The highest BCUT2D eigenvalue weighted by molar-refractivity contribution is 7.89. The van der Waals surface area contributed by atoms with Gasteiger partial charge in [-0.25, -0.2) is 8.42 Å². The minimum atomic E-state index is -3.67. The molecule has 0 spiro atoms. The highest BCUT2D eigenvalue weighted by atomic mass is 35.5. The molecule has 1 fully saturated rings. The Morgan fingerprint density at radius 3 is 2.42 bits per heavy atom. The molecule has 0 radical (unpaired) electrons. The molecular weight excluding hydrogens is 348 g/mol. The van der Waals surface area contributed by atoms with Crippen LogP contribution < -0.4 is 5.32 Å². The van der Waals surface area contributed by atoms with E-state index in [1.807, 2.05) is 13.8 Å². The number of hydrogen-bond donors (Lipinski definition) is 1. The van der Waals surface area contributed by atoms with Gasteiger partial charge in [0.15, 0.2) is 0 Å². The van der Waals surface area contributed by atoms with E-state index >= 15 is 0 Å². The molecule has 0 saturated carbocycles. The number of nitrogens with one attached hydrogen (secondary N) is 1. The summed E-state index contributed by atoms with van der Waals surface area (Å²) >= 11 is 6.13. The fraction of sp³-hybridized carbons (Fsp3) is 0.588. The van der Waals surface area contributed by atoms with E-state index in [-0.39, 0.29) is 21.9 Å². The Balaban J connectivity index is 2.29. The first-order chi connectivity index (χ1) is 11.4. The van der Waals surface area contributed by atoms with Gasteiger partial charge in [-0.15, -0.1) is 0 Å². The number of rotatable bonds is 6. The van der Waals surface area contributed by atoms with Crippen molar-refractivity contribution in [2.75, 3.05) is 13.1 Å². The van der Waals surface area contributed by atoms with Gasteiger partial charge in [0, 0.05) is 24.7 Å². The Kier molecular flexibility index (Phi) is 6.66. The fourth-order valence-electron chi connectivity index (χ4n) is 2.85. The molecule has 0 bridgehead atoms. The van der Waals surface area contributed by atoms with Gasteiger partial charge >= 0.3 is 0 Å². The van der Waals surface area contributed by atoms with Gasteiger partial charge < -0.3 is 5.32 Å². The predicted molar refractivity (Wildman–Crippen MR) is 95.9 cm³/mol. The summed E-state index contributed by atoms with van der Waals surface area (Å²) in [7, 11) is -3.67. The summed E-state index contributed by atoms with van der Waals surface area (Å²) in [6.45, 7) is 5.01. The zero-order chi connectivity index (χ0) is 17.7. The standard InChI is InChI=1S/C17H25ClN2O3S/c1-3-14(4-2)19-17(21)13-8-9-15(18)16(12-13)24(22,23)20-10-6-5-7-11-20/h8-9,12,14H,3-7,10-11H2,1-2H3,(H,19,21). The zero-order valence-electron chi connectivity index (χ0n) is 14.2. The fourth-order valence-corrected chi connectivity index (χ4v) is 4.87. The van der Waals surface area contributed by atoms with Gasteiger partial charge in [0.25, 0.3) is 5.91 Å². The van der Waals surface area contributed by atoms with E-state index in [4.69, 9.17) is 11.6 Å². The van der Waals surface area contributed by atoms with Crippen LogP contribution in [0.2, 0.25) is 5.02 Å². The van der Waals surface area contributed by atoms with Crippen LogP contribution in [0.1, 0.15) is 56.3 Å². The van der Waals surface area contributed by atoms with Crippen molar-refractivity contribution in [3.05, 3.63) is 28.8 Å². The molecule has 1 amide bonds. The average molecular weight is 373 g/mol. The number of amides is 1. The monoisotopic (exact) mass is 372 g/mol. The third kappa shape index (κ3) is 4.29. The van der Waals surface area contributed by atoms with E-state index in [1.54, 1.807) is 6.07 Å². The van der Waals surface area contributed by atoms with E-state index in [0.717, 1.165) is 32.1 Å². The molecule has 1 aromatic rings. The topological polar surface area (TPSA) is 66.5 Å². The van der Waals surface area contributed by atoms with E-state index in [2.05, 4.69) is 5.32 Å². The molecule has 1 aromatic carbocycles. The van der Waals surface area contributed by atoms with Crippen LogP contribution in [-0.4, -0.2) is 37.8 Å². The first-order valence-electron chi connectivity index (χ1n) is 8.50. The Bertz CT molecular complexity index is 681. The SMILES string of the molecule is CCC(CC)NC(=O)c1ccc(Cl)c(S(=O)(=O)N2CCCCC2)c1. The number of benzene rings is 1. The summed E-state index contributed by atoms with van der Waals surface area (Å²) in [5, 5.41) is 3.07. The second-order valence-electron chi connectivity index (χ2n) is 6.10. The summed E-state index contributed by atoms with van der Waals surface area (Å²) in [4.78, 5) is 12.4. The predicted octanol–water partition coefficient (Wildman–Crippen LogP) is 3.43. The molecule has 5 nitrogen and oxygen atoms in total. The van der Waals surface area contributed by atoms with E-state index in [9.17, 15) is 13.2 Å². The van der Waals surface area contributed by atoms with Crippen molar-refractivity contribution in [1.82, 2.24) is 9.62 Å². The van der Waals surface area contributed by atoms with Gasteiger partial charge in [0.1, 0.15) is 4.90 Å². The molecule has 0 atom stereocenters. The van der Waals surface area contributed by atoms with Crippen molar-refractivity contribution in [3.8, 4) is 0 Å². The number of hydrogen-bond acceptors (Lipinski definition) is 3. The molecule has 1 N–H and O–H groups in total. The first-order valence-corrected chi connectivity index (χ1v) is 10.3. The van der Waals surface area contributed by atoms with Crippen LogP contribution in [0.5, 0.6) is 0 Å². The maximum atomic E-state index is 12.8. The maximum absolute atomic E-state index is 12.8. The summed E-state index contributed by atoms with van der Waals surface area (Å²) in [6, 6.07) is 4.52. The van der Waals surface area contributed by atoms with Gasteiger partial charge in [-0.3, -0.25) is 4.79 Å². The summed E-state index contributed by atoms with van der Waals surface area (Å²) in [5.41, 5.74) is 0.321. The summed E-state index contributed by atoms with van der Waals surface area (Å²) < 4.78 is 27.1. The van der Waals surface area contributed by atoms with Crippen molar-refractivity contribution in [3.63, 3.8) is 0 Å². The number of halogens is 1. The third-order valence-electron chi connectivity index (χ3n) is 4.45. The number of carbonyl (C=O) groups is 1. The normalized spacial score (nSPS) is 16.3. The Hall–Kier alpha value is -1.11. The molecule has 1 heterocycles. The van der Waals surface area contributed by atoms with Gasteiger partial charge in [0.05, 0.1) is 5.02 Å². The molecule has 0 unspecified atom stereocenters. The zero-order valence-corrected chi connectivity index (χ0v) is 15.8. The van der Waals surface area contributed by atoms with Crippen LogP contribution in [-0.2, 0) is 10.0 Å². The quantitative estimate of drug-likeness (QED) is 0.831. The molecule has 1 aliphatic heterocycles. The highest BCUT2D eigenvalue weighted by Crippen LogP contribution is 2.28. The van der Waals surface area contributed by atoms with Crippen molar-refractivity contribution in [2.24, 2.45) is 0 Å². The van der Waals surface area contributed by atoms with Crippen molar-refractivity contribution in [2.45, 2.75) is 56.9 Å². The Morgan fingerprint density at radius 2 is 1.83 bits per heavy atom. The smallest absolute Gasteiger partial charge is 0.251 e. The van der Waals surface area contributed by atoms with Crippen LogP contribution in [0.3, 0.4) is 0 Å². The third-order valence-corrected chi connectivity index (χ3v) is 6.83. The molecular formula is C17H25ClN2O3S. The van der Waals surface area contributed by atoms with Gasteiger partial charge in [-0.05, 0) is 43.9 Å². The number of sulfonamides is 1. The van der Waals surface area contributed by atoms with Crippen molar-refractivity contribution < 1.29 is 13.2 Å². The molecule has 7 heteroatoms. The largest absolute Gasteiger partial charge is 0.349 e. The van der Waals surface area contributed by atoms with E-state index < -0.39 is 10.0 Å². The minimum absolute atomic E-state index is 0.0169. The average Bonchev–Trinajstić information content (AvgIpc) is 2.60. The Morgan fingerprint density at radius 1 is 1.21 bits per heavy atom. The van der Waals surface area contributed by atoms with E-state index in [1.165, 1.54) is 16.4 Å². The summed E-state index contributed by atoms with van der Waals surface area (Å²) in [6.07, 6.45) is 4.40. The lowest BCUT2D eigenvalue weighted by molar-refractivity contribution is 0.0934.